The van der Waals surface area contributed by atoms with Crippen molar-refractivity contribution in [2.75, 3.05) is 5.73 Å². The van der Waals surface area contributed by atoms with Crippen LogP contribution in [0, 0.1) is 7.05 Å². The van der Waals surface area contributed by atoms with Gasteiger partial charge >= 0.3 is 0 Å². The van der Waals surface area contributed by atoms with Gasteiger partial charge in [0, 0.05) is 38.4 Å². The maximum Gasteiger partial charge on any atom is 0.122 e. The molecule has 0 aromatic carbocycles. The number of rotatable bonds is 0. The first-order valence-corrected chi connectivity index (χ1v) is 3.17. The van der Waals surface area contributed by atoms with E-state index in [4.69, 9.17) is 5.73 Å². The van der Waals surface area contributed by atoms with Crippen LogP contribution in [0.2, 0.25) is 0 Å². The Balaban J connectivity index is 0.000000720. The predicted octanol–water partition coefficient (Wildman–Crippen LogP) is 0.651. The van der Waals surface area contributed by atoms with Crippen molar-refractivity contribution in [2.45, 2.75) is 0 Å². The van der Waals surface area contributed by atoms with E-state index in [1.807, 2.05) is 6.07 Å². The van der Waals surface area contributed by atoms with E-state index in [-0.39, 0.29) is 32.7 Å². The summed E-state index contributed by atoms with van der Waals surface area (Å²) < 4.78 is 1.66. The molecular weight excluding hydrogens is 229 g/mol. The van der Waals surface area contributed by atoms with Crippen LogP contribution in [-0.2, 0) is 32.7 Å². The number of nitrogens with zero attached hydrogens (tertiary/aromatic N) is 3. The van der Waals surface area contributed by atoms with Crippen LogP contribution in [0.1, 0.15) is 0 Å². The Labute approximate surface area is 95.1 Å². The standard InChI is InChI=1S/C7H7N4.Y/c1-11-3-2-5-6(8)9-4-10-7(5)11;/h2-4H,1H2,(H2,8,9,10);/q-1;. The molecule has 0 aliphatic rings. The fraction of sp³-hybridized carbons (Fsp3) is 0. The molecule has 0 unspecified atom stereocenters. The molecule has 0 saturated heterocycles. The Morgan fingerprint density at radius 1 is 1.42 bits per heavy atom. The van der Waals surface area contributed by atoms with Crippen LogP contribution < -0.4 is 5.73 Å². The fourth-order valence-electron chi connectivity index (χ4n) is 1.02. The van der Waals surface area contributed by atoms with Gasteiger partial charge in [-0.25, -0.2) is 4.98 Å². The van der Waals surface area contributed by atoms with Crippen molar-refractivity contribution in [1.82, 2.24) is 14.5 Å². The summed E-state index contributed by atoms with van der Waals surface area (Å²) in [5.74, 6) is 0.498. The number of fused-ring (bicyclic) bond motifs is 1. The molecule has 0 saturated carbocycles. The minimum Gasteiger partial charge on any atom is -0.472 e. The van der Waals surface area contributed by atoms with Crippen molar-refractivity contribution in [1.29, 1.82) is 0 Å². The molecule has 0 spiro atoms. The molecule has 12 heavy (non-hydrogen) atoms. The number of hydrogen-bond donors (Lipinski definition) is 1. The van der Waals surface area contributed by atoms with Crippen molar-refractivity contribution in [3.05, 3.63) is 25.6 Å². The van der Waals surface area contributed by atoms with E-state index in [1.165, 1.54) is 6.33 Å². The summed E-state index contributed by atoms with van der Waals surface area (Å²) in [5, 5.41) is 0.850. The monoisotopic (exact) mass is 236 g/mol. The van der Waals surface area contributed by atoms with E-state index in [2.05, 4.69) is 17.0 Å². The Hall–Kier alpha value is -0.606. The molecule has 0 amide bonds. The molecule has 2 aromatic rings. The predicted molar refractivity (Wildman–Crippen MR) is 42.7 cm³/mol. The summed E-state index contributed by atoms with van der Waals surface area (Å²) in [5.41, 5.74) is 6.34. The van der Waals surface area contributed by atoms with Crippen LogP contribution >= 0.6 is 0 Å². The quantitative estimate of drug-likeness (QED) is 0.683. The van der Waals surface area contributed by atoms with Crippen LogP contribution in [-0.4, -0.2) is 14.5 Å². The average molecular weight is 236 g/mol. The van der Waals surface area contributed by atoms with Crippen molar-refractivity contribution >= 4 is 16.9 Å². The first-order valence-electron chi connectivity index (χ1n) is 3.17. The first-order chi connectivity index (χ1) is 5.29. The second-order valence-electron chi connectivity index (χ2n) is 2.28. The number of aromatic nitrogens is 3. The first kappa shape index (κ1) is 9.48. The zero-order valence-electron chi connectivity index (χ0n) is 6.44. The van der Waals surface area contributed by atoms with E-state index in [9.17, 15) is 0 Å². The summed E-state index contributed by atoms with van der Waals surface area (Å²) in [6.45, 7) is 0. The smallest absolute Gasteiger partial charge is 0.122 e. The number of anilines is 1. The van der Waals surface area contributed by atoms with E-state index >= 15 is 0 Å². The molecule has 2 aromatic heterocycles. The minimum atomic E-state index is 0. The van der Waals surface area contributed by atoms with Gasteiger partial charge in [-0.3, -0.25) is 4.98 Å². The average Bonchev–Trinajstić information content (AvgIpc) is 2.35. The Morgan fingerprint density at radius 3 is 2.83 bits per heavy atom. The molecule has 0 aliphatic heterocycles. The third-order valence-corrected chi connectivity index (χ3v) is 1.59. The van der Waals surface area contributed by atoms with Gasteiger partial charge in [-0.05, 0) is 5.39 Å². The van der Waals surface area contributed by atoms with Crippen molar-refractivity contribution in [2.24, 2.45) is 0 Å². The summed E-state index contributed by atoms with van der Waals surface area (Å²) in [6.07, 6.45) is 3.23. The second kappa shape index (κ2) is 3.41. The van der Waals surface area contributed by atoms with Gasteiger partial charge in [0.05, 0.1) is 0 Å². The van der Waals surface area contributed by atoms with Crippen molar-refractivity contribution in [3.8, 4) is 0 Å². The Kier molecular flexibility index (Phi) is 2.70. The Bertz CT molecular complexity index is 395. The molecule has 1 radical (unpaired) electrons. The molecule has 2 N–H and O–H groups in total. The van der Waals surface area contributed by atoms with Crippen molar-refractivity contribution < 1.29 is 32.7 Å². The number of nitrogens with two attached hydrogens (primary N) is 1. The molecule has 0 atom stereocenters. The molecule has 2 rings (SSSR count). The maximum atomic E-state index is 5.58. The van der Waals surface area contributed by atoms with Gasteiger partial charge in [0.1, 0.15) is 12.1 Å². The van der Waals surface area contributed by atoms with Gasteiger partial charge < -0.3 is 10.3 Å². The zero-order valence-corrected chi connectivity index (χ0v) is 9.27. The summed E-state index contributed by atoms with van der Waals surface area (Å²) in [6, 6.07) is 1.84. The number of nitrogen functional groups attached to an aromatic ring is 1. The second-order valence-corrected chi connectivity index (χ2v) is 2.28. The summed E-state index contributed by atoms with van der Waals surface area (Å²) in [4.78, 5) is 7.86. The fourth-order valence-corrected chi connectivity index (χ4v) is 1.02. The molecule has 5 heteroatoms. The number of hydrogen-bond acceptors (Lipinski definition) is 3. The third kappa shape index (κ3) is 1.32. The minimum absolute atomic E-state index is 0. The molecule has 0 bridgehead atoms. The molecule has 4 nitrogen and oxygen atoms in total. The normalized spacial score (nSPS) is 9.67. The van der Waals surface area contributed by atoms with E-state index in [0.717, 1.165) is 11.0 Å². The van der Waals surface area contributed by atoms with Crippen LogP contribution in [0.15, 0.2) is 18.6 Å². The van der Waals surface area contributed by atoms with Gasteiger partial charge in [-0.2, -0.15) is 0 Å². The van der Waals surface area contributed by atoms with Gasteiger partial charge in [0.2, 0.25) is 0 Å². The van der Waals surface area contributed by atoms with Crippen LogP contribution in [0.4, 0.5) is 5.82 Å². The largest absolute Gasteiger partial charge is 0.472 e. The van der Waals surface area contributed by atoms with Crippen LogP contribution in [0.25, 0.3) is 11.0 Å². The maximum absolute atomic E-state index is 5.58. The third-order valence-electron chi connectivity index (χ3n) is 1.59. The van der Waals surface area contributed by atoms with Gasteiger partial charge in [-0.1, -0.05) is 12.3 Å². The topological polar surface area (TPSA) is 56.7 Å². The Morgan fingerprint density at radius 2 is 2.17 bits per heavy atom. The van der Waals surface area contributed by atoms with Crippen molar-refractivity contribution in [3.63, 3.8) is 0 Å². The van der Waals surface area contributed by atoms with E-state index < -0.39 is 0 Å². The zero-order chi connectivity index (χ0) is 7.84. The molecular formula is C7H7N4Y-. The van der Waals surface area contributed by atoms with E-state index in [0.29, 0.717) is 5.82 Å². The SMILES string of the molecule is [CH2-]n1ccc2c(N)ncnc21.[Y]. The van der Waals surface area contributed by atoms with Gasteiger partial charge in [0.25, 0.3) is 0 Å². The van der Waals surface area contributed by atoms with E-state index in [1.54, 1.807) is 10.8 Å². The summed E-state index contributed by atoms with van der Waals surface area (Å²) in [7, 11) is 3.72. The van der Waals surface area contributed by atoms with Gasteiger partial charge in [-0.15, -0.1) is 7.05 Å². The van der Waals surface area contributed by atoms with Crippen LogP contribution in [0.3, 0.4) is 0 Å². The molecule has 2 heterocycles. The summed E-state index contributed by atoms with van der Waals surface area (Å²) >= 11 is 0. The molecule has 0 aliphatic carbocycles. The van der Waals surface area contributed by atoms with Crippen LogP contribution in [0.5, 0.6) is 0 Å². The molecule has 0 fully saturated rings. The van der Waals surface area contributed by atoms with Gasteiger partial charge in [0.15, 0.2) is 0 Å². The molecule has 59 valence electrons.